The maximum Gasteiger partial charge on any atom is 0.0878 e. The second-order valence-electron chi connectivity index (χ2n) is 5.26. The van der Waals surface area contributed by atoms with Crippen LogP contribution in [-0.2, 0) is 0 Å². The average molecular weight is 244 g/mol. The molecule has 1 fully saturated rings. The number of hydrogen-bond donors (Lipinski definition) is 0. The molecule has 1 saturated heterocycles. The van der Waals surface area contributed by atoms with E-state index in [0.29, 0.717) is 0 Å². The smallest absolute Gasteiger partial charge is 0.0878 e. The Morgan fingerprint density at radius 1 is 0.812 bits per heavy atom. The largest absolute Gasteiger partial charge is 0.322 e. The highest BCUT2D eigenvalue weighted by atomic mass is 32.2. The molecule has 96 valence electrons. The summed E-state index contributed by atoms with van der Waals surface area (Å²) in [6.45, 7) is 10.4. The fourth-order valence-corrected chi connectivity index (χ4v) is 3.89. The second kappa shape index (κ2) is 8.41. The van der Waals surface area contributed by atoms with E-state index in [9.17, 15) is 0 Å². The van der Waals surface area contributed by atoms with Crippen LogP contribution in [0.5, 0.6) is 0 Å². The minimum atomic E-state index is 1.36. The van der Waals surface area contributed by atoms with Gasteiger partial charge in [-0.3, -0.25) is 0 Å². The fraction of sp³-hybridized carbons (Fsp3) is 1.00. The molecule has 0 atom stereocenters. The van der Waals surface area contributed by atoms with E-state index >= 15 is 0 Å². The van der Waals surface area contributed by atoms with Crippen molar-refractivity contribution in [2.45, 2.75) is 52.4 Å². The molecule has 0 N–H and O–H groups in total. The standard InChI is InChI=1S/C14H30NS/c1-3-5-7-8-10-15(9-6-4-2)11-13-16-14-12-15/h3-14H2,1-2H3/q+1. The van der Waals surface area contributed by atoms with E-state index in [1.165, 1.54) is 80.7 Å². The van der Waals surface area contributed by atoms with Gasteiger partial charge >= 0.3 is 0 Å². The number of unbranched alkanes of at least 4 members (excludes halogenated alkanes) is 4. The minimum absolute atomic E-state index is 1.36. The Balaban J connectivity index is 2.30. The summed E-state index contributed by atoms with van der Waals surface area (Å²) in [6.07, 6.45) is 8.51. The van der Waals surface area contributed by atoms with Crippen molar-refractivity contribution in [3.63, 3.8) is 0 Å². The van der Waals surface area contributed by atoms with Gasteiger partial charge in [-0.1, -0.05) is 33.1 Å². The average Bonchev–Trinajstić information content (AvgIpc) is 2.34. The van der Waals surface area contributed by atoms with Gasteiger partial charge in [0.25, 0.3) is 0 Å². The summed E-state index contributed by atoms with van der Waals surface area (Å²) in [5, 5.41) is 0. The van der Waals surface area contributed by atoms with E-state index in [2.05, 4.69) is 25.6 Å². The van der Waals surface area contributed by atoms with E-state index in [0.717, 1.165) is 0 Å². The van der Waals surface area contributed by atoms with Crippen LogP contribution in [0.1, 0.15) is 52.4 Å². The molecule has 0 aliphatic carbocycles. The lowest BCUT2D eigenvalue weighted by molar-refractivity contribution is -0.925. The van der Waals surface area contributed by atoms with Gasteiger partial charge in [-0.05, 0) is 19.3 Å². The van der Waals surface area contributed by atoms with Crippen molar-refractivity contribution in [1.82, 2.24) is 0 Å². The van der Waals surface area contributed by atoms with Gasteiger partial charge in [0.15, 0.2) is 0 Å². The maximum absolute atomic E-state index is 2.33. The predicted octanol–water partition coefficient (Wildman–Crippen LogP) is 3.93. The van der Waals surface area contributed by atoms with Gasteiger partial charge in [-0.15, -0.1) is 0 Å². The SMILES string of the molecule is CCCCCC[N+]1(CCCC)CCSCC1. The summed E-state index contributed by atoms with van der Waals surface area (Å²) < 4.78 is 1.45. The summed E-state index contributed by atoms with van der Waals surface area (Å²) in [7, 11) is 0. The highest BCUT2D eigenvalue weighted by molar-refractivity contribution is 7.99. The van der Waals surface area contributed by atoms with Crippen LogP contribution in [0.25, 0.3) is 0 Å². The molecule has 0 aromatic rings. The third kappa shape index (κ3) is 5.09. The van der Waals surface area contributed by atoms with Crippen LogP contribution in [0.4, 0.5) is 0 Å². The molecule has 0 bridgehead atoms. The maximum atomic E-state index is 2.33. The lowest BCUT2D eigenvalue weighted by Crippen LogP contribution is -2.54. The Morgan fingerprint density at radius 3 is 2.06 bits per heavy atom. The third-order valence-corrected chi connectivity index (χ3v) is 4.83. The van der Waals surface area contributed by atoms with E-state index in [1.54, 1.807) is 0 Å². The highest BCUT2D eigenvalue weighted by Crippen LogP contribution is 2.21. The van der Waals surface area contributed by atoms with Crippen molar-refractivity contribution in [3.8, 4) is 0 Å². The monoisotopic (exact) mass is 244 g/mol. The van der Waals surface area contributed by atoms with Crippen molar-refractivity contribution < 1.29 is 4.48 Å². The van der Waals surface area contributed by atoms with Crippen LogP contribution < -0.4 is 0 Å². The molecule has 1 aliphatic rings. The van der Waals surface area contributed by atoms with E-state index in [4.69, 9.17) is 0 Å². The van der Waals surface area contributed by atoms with Gasteiger partial charge in [0.05, 0.1) is 26.2 Å². The molecule has 2 heteroatoms. The van der Waals surface area contributed by atoms with Crippen molar-refractivity contribution in [2.75, 3.05) is 37.7 Å². The molecule has 0 saturated carbocycles. The Bertz CT molecular complexity index is 164. The topological polar surface area (TPSA) is 0 Å². The van der Waals surface area contributed by atoms with Crippen LogP contribution in [0.3, 0.4) is 0 Å². The summed E-state index contributed by atoms with van der Waals surface area (Å²) in [6, 6.07) is 0. The van der Waals surface area contributed by atoms with Crippen molar-refractivity contribution in [2.24, 2.45) is 0 Å². The van der Waals surface area contributed by atoms with Crippen LogP contribution in [-0.4, -0.2) is 42.2 Å². The lowest BCUT2D eigenvalue weighted by atomic mass is 10.1. The first-order chi connectivity index (χ1) is 7.83. The molecule has 1 heterocycles. The van der Waals surface area contributed by atoms with Crippen LogP contribution in [0, 0.1) is 0 Å². The Hall–Kier alpha value is 0.310. The molecule has 1 nitrogen and oxygen atoms in total. The number of hydrogen-bond acceptors (Lipinski definition) is 1. The third-order valence-electron chi connectivity index (χ3n) is 3.89. The number of nitrogens with zero attached hydrogens (tertiary/aromatic N) is 1. The Kier molecular flexibility index (Phi) is 7.55. The number of rotatable bonds is 8. The Morgan fingerprint density at radius 2 is 1.44 bits per heavy atom. The molecule has 0 radical (unpaired) electrons. The highest BCUT2D eigenvalue weighted by Gasteiger charge is 2.28. The fourth-order valence-electron chi connectivity index (χ4n) is 2.66. The van der Waals surface area contributed by atoms with E-state index in [-0.39, 0.29) is 0 Å². The van der Waals surface area contributed by atoms with Gasteiger partial charge < -0.3 is 4.48 Å². The van der Waals surface area contributed by atoms with Crippen LogP contribution >= 0.6 is 11.8 Å². The molecule has 0 aromatic carbocycles. The van der Waals surface area contributed by atoms with Crippen molar-refractivity contribution in [1.29, 1.82) is 0 Å². The molecule has 1 rings (SSSR count). The number of thioether (sulfide) groups is 1. The van der Waals surface area contributed by atoms with E-state index in [1.807, 2.05) is 0 Å². The van der Waals surface area contributed by atoms with Crippen molar-refractivity contribution >= 4 is 11.8 Å². The molecule has 0 aromatic heterocycles. The molecule has 0 spiro atoms. The molecule has 0 amide bonds. The summed E-state index contributed by atoms with van der Waals surface area (Å²) in [5.74, 6) is 2.80. The Labute approximate surface area is 107 Å². The van der Waals surface area contributed by atoms with Gasteiger partial charge in [-0.2, -0.15) is 11.8 Å². The first kappa shape index (κ1) is 14.4. The second-order valence-corrected chi connectivity index (χ2v) is 6.49. The normalized spacial score (nSPS) is 19.9. The zero-order chi connectivity index (χ0) is 11.7. The molecule has 1 aliphatic heterocycles. The molecule has 16 heavy (non-hydrogen) atoms. The lowest BCUT2D eigenvalue weighted by Gasteiger charge is -2.41. The summed E-state index contributed by atoms with van der Waals surface area (Å²) >= 11 is 2.16. The zero-order valence-electron chi connectivity index (χ0n) is 11.3. The predicted molar refractivity (Wildman–Crippen MR) is 76.1 cm³/mol. The first-order valence-corrected chi connectivity index (χ1v) is 8.41. The van der Waals surface area contributed by atoms with Crippen LogP contribution in [0.2, 0.25) is 0 Å². The zero-order valence-corrected chi connectivity index (χ0v) is 12.2. The van der Waals surface area contributed by atoms with Crippen LogP contribution in [0.15, 0.2) is 0 Å². The van der Waals surface area contributed by atoms with Gasteiger partial charge in [-0.25, -0.2) is 0 Å². The quantitative estimate of drug-likeness (QED) is 0.460. The van der Waals surface area contributed by atoms with Gasteiger partial charge in [0, 0.05) is 11.5 Å². The van der Waals surface area contributed by atoms with Gasteiger partial charge in [0.2, 0.25) is 0 Å². The number of quaternary nitrogens is 1. The van der Waals surface area contributed by atoms with Crippen molar-refractivity contribution in [3.05, 3.63) is 0 Å². The summed E-state index contributed by atoms with van der Waals surface area (Å²) in [4.78, 5) is 0. The van der Waals surface area contributed by atoms with E-state index < -0.39 is 0 Å². The molecular weight excluding hydrogens is 214 g/mol. The molecule has 0 unspecified atom stereocenters. The minimum Gasteiger partial charge on any atom is -0.322 e. The first-order valence-electron chi connectivity index (χ1n) is 7.26. The summed E-state index contributed by atoms with van der Waals surface area (Å²) in [5.41, 5.74) is 0. The van der Waals surface area contributed by atoms with Gasteiger partial charge in [0.1, 0.15) is 0 Å². The molecular formula is C14H30NS+.